The molecule has 2 aromatic carbocycles. The molecule has 5 nitrogen and oxygen atoms in total. The summed E-state index contributed by atoms with van der Waals surface area (Å²) in [4.78, 5) is 16.7. The van der Waals surface area contributed by atoms with Crippen LogP contribution in [-0.2, 0) is 11.0 Å². The van der Waals surface area contributed by atoms with Crippen molar-refractivity contribution in [2.24, 2.45) is 0 Å². The van der Waals surface area contributed by atoms with Gasteiger partial charge in [0.2, 0.25) is 5.91 Å². The molecule has 0 saturated heterocycles. The van der Waals surface area contributed by atoms with Crippen molar-refractivity contribution in [3.8, 4) is 10.6 Å². The van der Waals surface area contributed by atoms with Gasteiger partial charge < -0.3 is 5.32 Å². The topological polar surface area (TPSA) is 67.8 Å². The summed E-state index contributed by atoms with van der Waals surface area (Å²) in [5, 5.41) is 11.8. The molecule has 0 unspecified atom stereocenters. The molecular weight excluding hydrogens is 453 g/mol. The fraction of sp³-hybridized carbons (Fsp3) is 0.158. The number of hydrogen-bond acceptors (Lipinski definition) is 7. The van der Waals surface area contributed by atoms with Gasteiger partial charge in [0, 0.05) is 5.56 Å². The lowest BCUT2D eigenvalue weighted by molar-refractivity contribution is -0.137. The van der Waals surface area contributed by atoms with Crippen molar-refractivity contribution in [3.05, 3.63) is 53.6 Å². The van der Waals surface area contributed by atoms with Crippen LogP contribution in [0.3, 0.4) is 0 Å². The quantitative estimate of drug-likeness (QED) is 0.373. The number of nitrogens with one attached hydrogen (secondary N) is 1. The van der Waals surface area contributed by atoms with Crippen molar-refractivity contribution in [1.82, 2.24) is 15.2 Å². The van der Waals surface area contributed by atoms with Crippen LogP contribution < -0.4 is 5.32 Å². The van der Waals surface area contributed by atoms with E-state index in [-0.39, 0.29) is 11.7 Å². The number of thiazole rings is 1. The number of alkyl halides is 3. The molecule has 1 amide bonds. The zero-order chi connectivity index (χ0) is 21.3. The van der Waals surface area contributed by atoms with E-state index in [1.165, 1.54) is 46.6 Å². The summed E-state index contributed by atoms with van der Waals surface area (Å²) in [6.45, 7) is 1.97. The number of carbonyl (C=O) groups excluding carboxylic acids is 1. The monoisotopic (exact) mass is 466 g/mol. The Morgan fingerprint density at radius 2 is 1.87 bits per heavy atom. The number of carbonyl (C=O) groups is 1. The molecule has 0 aliphatic rings. The first-order valence-electron chi connectivity index (χ1n) is 8.59. The summed E-state index contributed by atoms with van der Waals surface area (Å²) >= 11 is 3.84. The highest BCUT2D eigenvalue weighted by atomic mass is 32.2. The number of anilines is 1. The zero-order valence-corrected chi connectivity index (χ0v) is 17.8. The molecule has 0 aliphatic carbocycles. The highest BCUT2D eigenvalue weighted by Crippen LogP contribution is 2.33. The molecule has 0 aliphatic heterocycles. The SMILES string of the molecule is Cc1cccc2sc(NC(=O)CSc3nnc(-c4ccc(C(F)(F)F)cc4)s3)nc12. The van der Waals surface area contributed by atoms with Crippen LogP contribution in [0.2, 0.25) is 0 Å². The van der Waals surface area contributed by atoms with Crippen LogP contribution in [0, 0.1) is 6.92 Å². The molecule has 0 spiro atoms. The number of nitrogens with zero attached hydrogens (tertiary/aromatic N) is 3. The van der Waals surface area contributed by atoms with Crippen LogP contribution in [0.1, 0.15) is 11.1 Å². The fourth-order valence-electron chi connectivity index (χ4n) is 2.61. The van der Waals surface area contributed by atoms with E-state index in [9.17, 15) is 18.0 Å². The fourth-order valence-corrected chi connectivity index (χ4v) is 5.23. The second kappa shape index (κ2) is 8.32. The average molecular weight is 467 g/mol. The number of aromatic nitrogens is 3. The Balaban J connectivity index is 1.36. The Morgan fingerprint density at radius 3 is 2.57 bits per heavy atom. The molecule has 0 fully saturated rings. The number of thioether (sulfide) groups is 1. The summed E-state index contributed by atoms with van der Waals surface area (Å²) in [6.07, 6.45) is -4.38. The van der Waals surface area contributed by atoms with Gasteiger partial charge in [-0.1, -0.05) is 58.7 Å². The maximum absolute atomic E-state index is 12.7. The number of hydrogen-bond donors (Lipinski definition) is 1. The number of halogens is 3. The van der Waals surface area contributed by atoms with Crippen LogP contribution in [0.15, 0.2) is 46.8 Å². The molecular formula is C19H13F3N4OS3. The maximum atomic E-state index is 12.7. The lowest BCUT2D eigenvalue weighted by atomic mass is 10.1. The van der Waals surface area contributed by atoms with E-state index >= 15 is 0 Å². The van der Waals surface area contributed by atoms with E-state index < -0.39 is 11.7 Å². The van der Waals surface area contributed by atoms with Crippen molar-refractivity contribution < 1.29 is 18.0 Å². The zero-order valence-electron chi connectivity index (χ0n) is 15.4. The van der Waals surface area contributed by atoms with Gasteiger partial charge in [0.25, 0.3) is 0 Å². The molecule has 2 heterocycles. The molecule has 4 rings (SSSR count). The van der Waals surface area contributed by atoms with Crippen LogP contribution in [-0.4, -0.2) is 26.8 Å². The van der Waals surface area contributed by atoms with E-state index in [4.69, 9.17) is 0 Å². The molecule has 0 bridgehead atoms. The lowest BCUT2D eigenvalue weighted by Crippen LogP contribution is -2.13. The van der Waals surface area contributed by atoms with Crippen LogP contribution in [0.5, 0.6) is 0 Å². The Labute approximate surface area is 181 Å². The Kier molecular flexibility index (Phi) is 5.76. The van der Waals surface area contributed by atoms with Crippen LogP contribution in [0.4, 0.5) is 18.3 Å². The Morgan fingerprint density at radius 1 is 1.10 bits per heavy atom. The molecule has 0 radical (unpaired) electrons. The normalized spacial score (nSPS) is 11.7. The summed E-state index contributed by atoms with van der Waals surface area (Å²) in [5.74, 6) is -0.0979. The Bertz CT molecular complexity index is 1200. The number of para-hydroxylation sites is 1. The second-order valence-corrected chi connectivity index (χ2v) is 9.46. The predicted molar refractivity (Wildman–Crippen MR) is 114 cm³/mol. The third kappa shape index (κ3) is 4.63. The van der Waals surface area contributed by atoms with Crippen molar-refractivity contribution in [3.63, 3.8) is 0 Å². The molecule has 0 atom stereocenters. The number of aryl methyl sites for hydroxylation is 1. The molecule has 2 aromatic heterocycles. The van der Waals surface area contributed by atoms with Gasteiger partial charge in [-0.15, -0.1) is 10.2 Å². The van der Waals surface area contributed by atoms with E-state index in [0.717, 1.165) is 27.9 Å². The van der Waals surface area contributed by atoms with Crippen LogP contribution in [0.25, 0.3) is 20.8 Å². The third-order valence-electron chi connectivity index (χ3n) is 4.06. The van der Waals surface area contributed by atoms with E-state index in [0.29, 0.717) is 20.0 Å². The number of rotatable bonds is 5. The van der Waals surface area contributed by atoms with E-state index in [1.807, 2.05) is 25.1 Å². The van der Waals surface area contributed by atoms with Gasteiger partial charge in [-0.05, 0) is 30.7 Å². The van der Waals surface area contributed by atoms with Gasteiger partial charge in [0.05, 0.1) is 21.5 Å². The molecule has 1 N–H and O–H groups in total. The van der Waals surface area contributed by atoms with E-state index in [1.54, 1.807) is 0 Å². The van der Waals surface area contributed by atoms with Gasteiger partial charge in [-0.2, -0.15) is 13.2 Å². The van der Waals surface area contributed by atoms with Gasteiger partial charge in [0.1, 0.15) is 5.01 Å². The van der Waals surface area contributed by atoms with Gasteiger partial charge in [-0.3, -0.25) is 4.79 Å². The molecule has 154 valence electrons. The molecule has 30 heavy (non-hydrogen) atoms. The minimum Gasteiger partial charge on any atom is -0.301 e. The summed E-state index contributed by atoms with van der Waals surface area (Å²) < 4.78 is 39.6. The van der Waals surface area contributed by atoms with Crippen molar-refractivity contribution >= 4 is 55.7 Å². The highest BCUT2D eigenvalue weighted by molar-refractivity contribution is 8.01. The largest absolute Gasteiger partial charge is 0.416 e. The maximum Gasteiger partial charge on any atom is 0.416 e. The molecule has 11 heteroatoms. The van der Waals surface area contributed by atoms with Crippen molar-refractivity contribution in [2.45, 2.75) is 17.4 Å². The first-order valence-corrected chi connectivity index (χ1v) is 11.2. The average Bonchev–Trinajstić information content (AvgIpc) is 3.33. The van der Waals surface area contributed by atoms with Crippen LogP contribution >= 0.6 is 34.4 Å². The minimum atomic E-state index is -4.38. The number of fused-ring (bicyclic) bond motifs is 1. The molecule has 0 saturated carbocycles. The minimum absolute atomic E-state index is 0.122. The van der Waals surface area contributed by atoms with E-state index in [2.05, 4.69) is 20.5 Å². The highest BCUT2D eigenvalue weighted by Gasteiger charge is 2.30. The standard InChI is InChI=1S/C19H13F3N4OS3/c1-10-3-2-4-13-15(10)24-17(29-13)23-14(27)9-28-18-26-25-16(30-18)11-5-7-12(8-6-11)19(20,21)22/h2-8H,9H2,1H3,(H,23,24,27). The van der Waals surface area contributed by atoms with Crippen molar-refractivity contribution in [2.75, 3.05) is 11.1 Å². The van der Waals surface area contributed by atoms with Gasteiger partial charge in [-0.25, -0.2) is 4.98 Å². The smallest absolute Gasteiger partial charge is 0.301 e. The molecule has 4 aromatic rings. The first kappa shape index (κ1) is 20.8. The second-order valence-electron chi connectivity index (χ2n) is 6.23. The Hall–Kier alpha value is -2.50. The third-order valence-corrected chi connectivity index (χ3v) is 7.10. The summed E-state index contributed by atoms with van der Waals surface area (Å²) in [7, 11) is 0. The predicted octanol–water partition coefficient (Wildman–Crippen LogP) is 5.87. The van der Waals surface area contributed by atoms with Gasteiger partial charge >= 0.3 is 6.18 Å². The summed E-state index contributed by atoms with van der Waals surface area (Å²) in [5.41, 5.74) is 1.74. The summed E-state index contributed by atoms with van der Waals surface area (Å²) in [6, 6.07) is 10.6. The lowest BCUT2D eigenvalue weighted by Gasteiger charge is -2.06. The number of amides is 1. The number of benzene rings is 2. The van der Waals surface area contributed by atoms with Gasteiger partial charge in [0.15, 0.2) is 9.47 Å². The first-order chi connectivity index (χ1) is 14.3. The van der Waals surface area contributed by atoms with Crippen molar-refractivity contribution in [1.29, 1.82) is 0 Å².